The van der Waals surface area contributed by atoms with Crippen molar-refractivity contribution in [3.63, 3.8) is 0 Å². The molecule has 1 fully saturated rings. The Morgan fingerprint density at radius 1 is 0.957 bits per heavy atom. The number of rotatable bonds is 14. The van der Waals surface area contributed by atoms with Crippen LogP contribution in [0, 0.1) is 0 Å². The molecule has 130 valence electrons. The van der Waals surface area contributed by atoms with E-state index in [4.69, 9.17) is 9.15 Å². The Kier molecular flexibility index (Phi) is 8.44. The standard InChI is InChI=1S/C20H32O3/c1-2-3-4-5-6-7-8-9-10-11-12-14-18-20(23-18)19(21)17-15-13-16-22-17/h13,15-16,18,20H,2-12,14H2,1H3/t18-,20+/m1/s1. The minimum Gasteiger partial charge on any atom is -0.461 e. The van der Waals surface area contributed by atoms with Gasteiger partial charge in [0.05, 0.1) is 12.4 Å². The molecule has 0 amide bonds. The molecule has 2 heterocycles. The van der Waals surface area contributed by atoms with Crippen molar-refractivity contribution < 1.29 is 13.9 Å². The normalized spacial score (nSPS) is 19.9. The number of Topliss-reactive ketones (excluding diaryl/α,β-unsaturated/α-hetero) is 1. The molecule has 23 heavy (non-hydrogen) atoms. The lowest BCUT2D eigenvalue weighted by Crippen LogP contribution is -2.09. The van der Waals surface area contributed by atoms with Crippen LogP contribution in [-0.2, 0) is 4.74 Å². The van der Waals surface area contributed by atoms with Gasteiger partial charge in [-0.15, -0.1) is 0 Å². The van der Waals surface area contributed by atoms with Crippen molar-refractivity contribution in [1.82, 2.24) is 0 Å². The molecule has 0 saturated carbocycles. The Morgan fingerprint density at radius 3 is 2.13 bits per heavy atom. The van der Waals surface area contributed by atoms with Gasteiger partial charge in [-0.3, -0.25) is 4.79 Å². The number of hydrogen-bond acceptors (Lipinski definition) is 3. The van der Waals surface area contributed by atoms with Crippen LogP contribution >= 0.6 is 0 Å². The van der Waals surface area contributed by atoms with Gasteiger partial charge in [-0.25, -0.2) is 0 Å². The first-order valence-electron chi connectivity index (χ1n) is 9.56. The zero-order chi connectivity index (χ0) is 16.3. The molecule has 1 saturated heterocycles. The monoisotopic (exact) mass is 320 g/mol. The first-order valence-corrected chi connectivity index (χ1v) is 9.56. The van der Waals surface area contributed by atoms with Gasteiger partial charge in [0.15, 0.2) is 11.9 Å². The van der Waals surface area contributed by atoms with Crippen molar-refractivity contribution in [3.8, 4) is 0 Å². The lowest BCUT2D eigenvalue weighted by molar-refractivity contribution is 0.0926. The summed E-state index contributed by atoms with van der Waals surface area (Å²) in [5.74, 6) is 0.430. The van der Waals surface area contributed by atoms with E-state index in [2.05, 4.69) is 6.92 Å². The molecule has 0 unspecified atom stereocenters. The van der Waals surface area contributed by atoms with E-state index < -0.39 is 0 Å². The molecule has 1 aromatic heterocycles. The Balaban J connectivity index is 1.37. The lowest BCUT2D eigenvalue weighted by atomic mass is 10.0. The highest BCUT2D eigenvalue weighted by atomic mass is 16.6. The highest BCUT2D eigenvalue weighted by Crippen LogP contribution is 2.30. The second-order valence-corrected chi connectivity index (χ2v) is 6.76. The van der Waals surface area contributed by atoms with Crippen LogP contribution in [0.1, 0.15) is 94.5 Å². The van der Waals surface area contributed by atoms with E-state index in [1.807, 2.05) is 0 Å². The molecule has 0 radical (unpaired) electrons. The fourth-order valence-corrected chi connectivity index (χ4v) is 3.16. The summed E-state index contributed by atoms with van der Waals surface area (Å²) in [6, 6.07) is 3.46. The number of carbonyl (C=O) groups is 1. The molecule has 2 atom stereocenters. The van der Waals surface area contributed by atoms with Gasteiger partial charge in [0.2, 0.25) is 5.78 Å². The Hall–Kier alpha value is -1.09. The minimum atomic E-state index is -0.246. The second kappa shape index (κ2) is 10.6. The topological polar surface area (TPSA) is 42.7 Å². The maximum Gasteiger partial charge on any atom is 0.229 e. The average molecular weight is 320 g/mol. The number of ether oxygens (including phenoxy) is 1. The van der Waals surface area contributed by atoms with E-state index in [-0.39, 0.29) is 18.0 Å². The third kappa shape index (κ3) is 6.90. The Morgan fingerprint density at radius 2 is 1.57 bits per heavy atom. The van der Waals surface area contributed by atoms with Gasteiger partial charge in [-0.05, 0) is 18.6 Å². The zero-order valence-electron chi connectivity index (χ0n) is 14.6. The summed E-state index contributed by atoms with van der Waals surface area (Å²) in [6.45, 7) is 2.27. The van der Waals surface area contributed by atoms with Crippen molar-refractivity contribution >= 4 is 5.78 Å². The summed E-state index contributed by atoms with van der Waals surface area (Å²) in [5, 5.41) is 0. The molecule has 0 aromatic carbocycles. The maximum atomic E-state index is 12.0. The van der Waals surface area contributed by atoms with E-state index in [0.717, 1.165) is 6.42 Å². The molecule has 0 bridgehead atoms. The molecular weight excluding hydrogens is 288 g/mol. The third-order valence-electron chi connectivity index (χ3n) is 4.70. The van der Waals surface area contributed by atoms with E-state index in [9.17, 15) is 4.79 Å². The van der Waals surface area contributed by atoms with Crippen LogP contribution in [0.2, 0.25) is 0 Å². The number of hydrogen-bond donors (Lipinski definition) is 0. The SMILES string of the molecule is CCCCCCCCCCCCC[C@H]1O[C@@H]1C(=O)c1ccco1. The third-order valence-corrected chi connectivity index (χ3v) is 4.70. The van der Waals surface area contributed by atoms with Gasteiger partial charge in [-0.2, -0.15) is 0 Å². The van der Waals surface area contributed by atoms with E-state index in [0.29, 0.717) is 5.76 Å². The summed E-state index contributed by atoms with van der Waals surface area (Å²) >= 11 is 0. The van der Waals surface area contributed by atoms with Gasteiger partial charge in [0.1, 0.15) is 0 Å². The van der Waals surface area contributed by atoms with Crippen molar-refractivity contribution in [3.05, 3.63) is 24.2 Å². The average Bonchev–Trinajstić information content (AvgIpc) is 3.12. The summed E-state index contributed by atoms with van der Waals surface area (Å²) in [6.07, 6.45) is 17.3. The minimum absolute atomic E-state index is 0.00285. The van der Waals surface area contributed by atoms with E-state index in [1.54, 1.807) is 12.1 Å². The fourth-order valence-electron chi connectivity index (χ4n) is 3.16. The van der Waals surface area contributed by atoms with Crippen molar-refractivity contribution in [2.45, 2.75) is 96.2 Å². The van der Waals surface area contributed by atoms with Crippen molar-refractivity contribution in [2.75, 3.05) is 0 Å². The van der Waals surface area contributed by atoms with Crippen LogP contribution in [0.5, 0.6) is 0 Å². The molecule has 0 aliphatic carbocycles. The molecule has 2 rings (SSSR count). The van der Waals surface area contributed by atoms with Gasteiger partial charge in [0.25, 0.3) is 0 Å². The highest BCUT2D eigenvalue weighted by Gasteiger charge is 2.45. The summed E-state index contributed by atoms with van der Waals surface area (Å²) in [5.41, 5.74) is 0. The quantitative estimate of drug-likeness (QED) is 0.242. The fraction of sp³-hybridized carbons (Fsp3) is 0.750. The maximum absolute atomic E-state index is 12.0. The van der Waals surface area contributed by atoms with Crippen LogP contribution in [-0.4, -0.2) is 18.0 Å². The molecule has 1 aliphatic heterocycles. The smallest absolute Gasteiger partial charge is 0.229 e. The van der Waals surface area contributed by atoms with Gasteiger partial charge >= 0.3 is 0 Å². The van der Waals surface area contributed by atoms with Crippen LogP contribution in [0.3, 0.4) is 0 Å². The molecule has 3 heteroatoms. The van der Waals surface area contributed by atoms with E-state index >= 15 is 0 Å². The van der Waals surface area contributed by atoms with Crippen LogP contribution < -0.4 is 0 Å². The molecule has 3 nitrogen and oxygen atoms in total. The largest absolute Gasteiger partial charge is 0.461 e. The van der Waals surface area contributed by atoms with Gasteiger partial charge in [-0.1, -0.05) is 77.6 Å². The predicted octanol–water partition coefficient (Wildman–Crippen LogP) is 5.93. The van der Waals surface area contributed by atoms with Crippen LogP contribution in [0.4, 0.5) is 0 Å². The second-order valence-electron chi connectivity index (χ2n) is 6.76. The number of carbonyl (C=O) groups excluding carboxylic acids is 1. The lowest BCUT2D eigenvalue weighted by Gasteiger charge is -2.02. The first-order chi connectivity index (χ1) is 11.3. The zero-order valence-corrected chi connectivity index (χ0v) is 14.6. The highest BCUT2D eigenvalue weighted by molar-refractivity contribution is 5.98. The van der Waals surface area contributed by atoms with Gasteiger partial charge < -0.3 is 9.15 Å². The molecule has 1 aromatic rings. The van der Waals surface area contributed by atoms with E-state index in [1.165, 1.54) is 76.9 Å². The Labute approximate surface area is 140 Å². The van der Waals surface area contributed by atoms with Crippen LogP contribution in [0.25, 0.3) is 0 Å². The van der Waals surface area contributed by atoms with Crippen molar-refractivity contribution in [1.29, 1.82) is 0 Å². The molecular formula is C20H32O3. The molecule has 1 aliphatic rings. The van der Waals surface area contributed by atoms with Crippen molar-refractivity contribution in [2.24, 2.45) is 0 Å². The Bertz CT molecular complexity index is 424. The summed E-state index contributed by atoms with van der Waals surface area (Å²) in [7, 11) is 0. The van der Waals surface area contributed by atoms with Gasteiger partial charge in [0, 0.05) is 0 Å². The predicted molar refractivity (Wildman–Crippen MR) is 92.8 cm³/mol. The number of ketones is 1. The first kappa shape index (κ1) is 18.3. The van der Waals surface area contributed by atoms with Crippen LogP contribution in [0.15, 0.2) is 22.8 Å². The molecule has 0 spiro atoms. The summed E-state index contributed by atoms with van der Waals surface area (Å²) < 4.78 is 10.6. The summed E-state index contributed by atoms with van der Waals surface area (Å²) in [4.78, 5) is 12.0. The number of epoxide rings is 1. The number of furan rings is 1. The molecule has 0 N–H and O–H groups in total. The number of unbranched alkanes of at least 4 members (excludes halogenated alkanes) is 10.